The fraction of sp³-hybridized carbons (Fsp3) is 1.00. The smallest absolute Gasteiger partial charge is 0.192 e. The largest absolute Gasteiger partial charge is 0.409 e. The minimum absolute atomic E-state index is 0.0806. The lowest BCUT2D eigenvalue weighted by Crippen LogP contribution is -2.51. The summed E-state index contributed by atoms with van der Waals surface area (Å²) >= 11 is 0. The summed E-state index contributed by atoms with van der Waals surface area (Å²) in [5, 5.41) is 0.232. The zero-order valence-electron chi connectivity index (χ0n) is 11.7. The molecule has 3 atom stereocenters. The second-order valence-corrected chi connectivity index (χ2v) is 10.9. The molecular weight excluding hydrogens is 220 g/mol. The van der Waals surface area contributed by atoms with Crippen molar-refractivity contribution in [2.24, 2.45) is 0 Å². The van der Waals surface area contributed by atoms with Crippen molar-refractivity contribution in [2.75, 3.05) is 6.61 Å². The minimum atomic E-state index is -1.72. The van der Waals surface area contributed by atoms with Crippen LogP contribution in [0.5, 0.6) is 0 Å². The van der Waals surface area contributed by atoms with Crippen molar-refractivity contribution in [3.8, 4) is 0 Å². The van der Waals surface area contributed by atoms with Gasteiger partial charge < -0.3 is 13.9 Å². The van der Waals surface area contributed by atoms with Gasteiger partial charge in [0, 0.05) is 0 Å². The average molecular weight is 246 g/mol. The third-order valence-electron chi connectivity index (χ3n) is 3.68. The van der Waals surface area contributed by atoms with Gasteiger partial charge in [0.05, 0.1) is 18.8 Å². The number of hydrogen-bond donors (Lipinski definition) is 0. The van der Waals surface area contributed by atoms with Gasteiger partial charge in [0.25, 0.3) is 0 Å². The molecule has 0 saturated carbocycles. The van der Waals surface area contributed by atoms with Crippen molar-refractivity contribution < 1.29 is 13.9 Å². The Hall–Kier alpha value is 0.0969. The molecule has 1 heterocycles. The quantitative estimate of drug-likeness (QED) is 0.701. The fourth-order valence-corrected chi connectivity index (χ4v) is 2.85. The van der Waals surface area contributed by atoms with Gasteiger partial charge in [0.1, 0.15) is 0 Å². The van der Waals surface area contributed by atoms with Gasteiger partial charge in [0.15, 0.2) is 14.6 Å². The van der Waals surface area contributed by atoms with E-state index in [9.17, 15) is 0 Å². The van der Waals surface area contributed by atoms with Gasteiger partial charge in [-0.2, -0.15) is 0 Å². The lowest BCUT2D eigenvalue weighted by molar-refractivity contribution is -0.235. The van der Waals surface area contributed by atoms with Crippen molar-refractivity contribution in [1.82, 2.24) is 0 Å². The molecule has 1 aliphatic heterocycles. The van der Waals surface area contributed by atoms with Gasteiger partial charge in [-0.25, -0.2) is 0 Å². The highest BCUT2D eigenvalue weighted by atomic mass is 28.4. The molecule has 0 N–H and O–H groups in total. The Morgan fingerprint density at radius 2 is 1.75 bits per heavy atom. The summed E-state index contributed by atoms with van der Waals surface area (Å²) in [4.78, 5) is 0. The van der Waals surface area contributed by atoms with Gasteiger partial charge in [0.2, 0.25) is 0 Å². The maximum absolute atomic E-state index is 6.29. The molecule has 0 aromatic heterocycles. The molecule has 3 nitrogen and oxygen atoms in total. The highest BCUT2D eigenvalue weighted by Gasteiger charge is 2.41. The molecule has 0 spiro atoms. The lowest BCUT2D eigenvalue weighted by atomic mass is 10.2. The summed E-state index contributed by atoms with van der Waals surface area (Å²) in [6.07, 6.45) is 0.101. The van der Waals surface area contributed by atoms with Crippen molar-refractivity contribution in [3.63, 3.8) is 0 Å². The first-order valence-electron chi connectivity index (χ1n) is 6.08. The van der Waals surface area contributed by atoms with Crippen molar-refractivity contribution in [2.45, 2.75) is 71.2 Å². The van der Waals surface area contributed by atoms with Crippen LogP contribution in [-0.4, -0.2) is 33.4 Å². The molecular formula is C12H26O3Si. The molecule has 0 amide bonds. The number of rotatable bonds is 2. The molecule has 1 aliphatic rings. The lowest BCUT2D eigenvalue weighted by Gasteiger charge is -2.43. The minimum Gasteiger partial charge on any atom is -0.409 e. The molecule has 0 radical (unpaired) electrons. The third-order valence-corrected chi connectivity index (χ3v) is 8.18. The van der Waals surface area contributed by atoms with Crippen LogP contribution < -0.4 is 0 Å². The first-order valence-corrected chi connectivity index (χ1v) is 8.99. The van der Waals surface area contributed by atoms with Crippen LogP contribution in [0.2, 0.25) is 18.1 Å². The van der Waals surface area contributed by atoms with E-state index in [0.29, 0.717) is 6.61 Å². The van der Waals surface area contributed by atoms with Crippen molar-refractivity contribution in [1.29, 1.82) is 0 Å². The molecule has 0 aromatic carbocycles. The maximum atomic E-state index is 6.29. The molecule has 1 rings (SSSR count). The molecule has 16 heavy (non-hydrogen) atoms. The molecule has 1 saturated heterocycles. The topological polar surface area (TPSA) is 27.7 Å². The number of ether oxygens (including phenoxy) is 2. The summed E-state index contributed by atoms with van der Waals surface area (Å²) in [6, 6.07) is 0. The molecule has 96 valence electrons. The zero-order chi connectivity index (χ0) is 12.6. The highest BCUT2D eigenvalue weighted by Crippen LogP contribution is 2.38. The van der Waals surface area contributed by atoms with E-state index < -0.39 is 8.32 Å². The van der Waals surface area contributed by atoms with Gasteiger partial charge in [-0.3, -0.25) is 0 Å². The number of hydrogen-bond acceptors (Lipinski definition) is 3. The van der Waals surface area contributed by atoms with E-state index in [1.54, 1.807) is 0 Å². The Bertz CT molecular complexity index is 235. The monoisotopic (exact) mass is 246 g/mol. The van der Waals surface area contributed by atoms with E-state index >= 15 is 0 Å². The second-order valence-electron chi connectivity index (χ2n) is 6.16. The Labute approximate surface area is 101 Å². The fourth-order valence-electron chi connectivity index (χ4n) is 1.48. The van der Waals surface area contributed by atoms with Crippen molar-refractivity contribution >= 4 is 8.32 Å². The summed E-state index contributed by atoms with van der Waals surface area (Å²) in [7, 11) is -1.72. The Kier molecular flexibility index (Phi) is 4.22. The van der Waals surface area contributed by atoms with Crippen LogP contribution in [0.25, 0.3) is 0 Å². The normalized spacial score (nSPS) is 32.8. The van der Waals surface area contributed by atoms with Crippen LogP contribution in [0.15, 0.2) is 0 Å². The Morgan fingerprint density at radius 1 is 1.19 bits per heavy atom. The Balaban J connectivity index is 2.60. The van der Waals surface area contributed by atoms with Crippen LogP contribution in [0, 0.1) is 0 Å². The highest BCUT2D eigenvalue weighted by molar-refractivity contribution is 6.74. The molecule has 0 aliphatic carbocycles. The first kappa shape index (κ1) is 14.2. The standard InChI is InChI=1S/C12H26O3Si/c1-9-11(8-13-10(2)14-9)15-16(6,7)12(3,4)5/h9-11H,8H2,1-7H3/t9-,10+,11-/m1/s1. The molecule has 0 bridgehead atoms. The summed E-state index contributed by atoms with van der Waals surface area (Å²) < 4.78 is 17.4. The van der Waals surface area contributed by atoms with Crippen LogP contribution in [0.3, 0.4) is 0 Å². The van der Waals surface area contributed by atoms with E-state index in [4.69, 9.17) is 13.9 Å². The maximum Gasteiger partial charge on any atom is 0.192 e. The second kappa shape index (κ2) is 4.76. The first-order chi connectivity index (χ1) is 7.13. The SMILES string of the molecule is C[C@H]1OC[C@@H](O[Si](C)(C)C(C)(C)C)[C@@H](C)O1. The Morgan fingerprint density at radius 3 is 2.19 bits per heavy atom. The van der Waals surface area contributed by atoms with E-state index in [0.717, 1.165) is 0 Å². The van der Waals surface area contributed by atoms with Gasteiger partial charge in [-0.1, -0.05) is 20.8 Å². The third kappa shape index (κ3) is 3.29. The molecule has 0 unspecified atom stereocenters. The predicted molar refractivity (Wildman–Crippen MR) is 68.0 cm³/mol. The van der Waals surface area contributed by atoms with Crippen LogP contribution in [-0.2, 0) is 13.9 Å². The summed E-state index contributed by atoms with van der Waals surface area (Å²) in [5.74, 6) is 0. The average Bonchev–Trinajstić information content (AvgIpc) is 2.08. The van der Waals surface area contributed by atoms with Crippen LogP contribution >= 0.6 is 0 Å². The van der Waals surface area contributed by atoms with Crippen molar-refractivity contribution in [3.05, 3.63) is 0 Å². The van der Waals surface area contributed by atoms with Gasteiger partial charge >= 0.3 is 0 Å². The molecule has 0 aromatic rings. The molecule has 1 fully saturated rings. The van der Waals surface area contributed by atoms with Crippen LogP contribution in [0.4, 0.5) is 0 Å². The van der Waals surface area contributed by atoms with E-state index in [2.05, 4.69) is 40.8 Å². The van der Waals surface area contributed by atoms with Gasteiger partial charge in [-0.15, -0.1) is 0 Å². The van der Waals surface area contributed by atoms with E-state index in [1.807, 2.05) is 6.92 Å². The summed E-state index contributed by atoms with van der Waals surface area (Å²) in [6.45, 7) is 15.9. The zero-order valence-corrected chi connectivity index (χ0v) is 12.7. The summed E-state index contributed by atoms with van der Waals surface area (Å²) in [5.41, 5.74) is 0. The van der Waals surface area contributed by atoms with E-state index in [-0.39, 0.29) is 23.5 Å². The van der Waals surface area contributed by atoms with Gasteiger partial charge in [-0.05, 0) is 32.0 Å². The van der Waals surface area contributed by atoms with E-state index in [1.165, 1.54) is 0 Å². The predicted octanol–water partition coefficient (Wildman–Crippen LogP) is 3.16. The van der Waals surface area contributed by atoms with Crippen LogP contribution in [0.1, 0.15) is 34.6 Å². The molecule has 4 heteroatoms.